The summed E-state index contributed by atoms with van der Waals surface area (Å²) in [4.78, 5) is 26.2. The number of hydrogen-bond acceptors (Lipinski definition) is 4. The van der Waals surface area contributed by atoms with E-state index in [1.54, 1.807) is 0 Å². The van der Waals surface area contributed by atoms with Gasteiger partial charge in [-0.1, -0.05) is 26.7 Å². The van der Waals surface area contributed by atoms with Gasteiger partial charge < -0.3 is 11.1 Å². The molecule has 6 heteroatoms. The zero-order chi connectivity index (χ0) is 15.5. The van der Waals surface area contributed by atoms with E-state index in [4.69, 9.17) is 5.73 Å². The summed E-state index contributed by atoms with van der Waals surface area (Å²) >= 11 is 0. The van der Waals surface area contributed by atoms with Crippen molar-refractivity contribution in [3.05, 3.63) is 20.8 Å². The molecule has 6 nitrogen and oxygen atoms in total. The fourth-order valence-corrected chi connectivity index (χ4v) is 2.80. The summed E-state index contributed by atoms with van der Waals surface area (Å²) < 4.78 is 1.45. The van der Waals surface area contributed by atoms with Gasteiger partial charge in [0, 0.05) is 13.1 Å². The lowest BCUT2D eigenvalue weighted by Crippen LogP contribution is -2.35. The summed E-state index contributed by atoms with van der Waals surface area (Å²) in [5.41, 5.74) is 5.84. The number of aromatic nitrogens is 2. The number of H-pyrrole nitrogens is 1. The van der Waals surface area contributed by atoms with Crippen LogP contribution < -0.4 is 22.3 Å². The van der Waals surface area contributed by atoms with Crippen LogP contribution >= 0.6 is 0 Å². The molecular weight excluding hydrogens is 268 g/mol. The highest BCUT2D eigenvalue weighted by Crippen LogP contribution is 2.49. The Hall–Kier alpha value is -1.72. The van der Waals surface area contributed by atoms with Gasteiger partial charge in [0.1, 0.15) is 11.5 Å². The first-order chi connectivity index (χ1) is 10.0. The van der Waals surface area contributed by atoms with Crippen molar-refractivity contribution in [2.45, 2.75) is 58.9 Å². The van der Waals surface area contributed by atoms with Crippen molar-refractivity contribution in [2.75, 3.05) is 17.6 Å². The minimum Gasteiger partial charge on any atom is -0.383 e. The predicted molar refractivity (Wildman–Crippen MR) is 85.7 cm³/mol. The fourth-order valence-electron chi connectivity index (χ4n) is 2.80. The molecule has 2 rings (SSSR count). The standard InChI is InChI=1S/C15H26N4O2/c1-3-5-9-19-12(16)11(13(20)18-14(19)21)17-10-15(6-4-2)7-8-15/h17H,3-10,16H2,1-2H3,(H,18,20,21). The molecule has 0 aliphatic heterocycles. The predicted octanol–water partition coefficient (Wildman–Crippen LogP) is 1.91. The van der Waals surface area contributed by atoms with E-state index < -0.39 is 11.2 Å². The average molecular weight is 294 g/mol. The molecule has 0 atom stereocenters. The van der Waals surface area contributed by atoms with Crippen molar-refractivity contribution in [3.63, 3.8) is 0 Å². The summed E-state index contributed by atoms with van der Waals surface area (Å²) in [7, 11) is 0. The van der Waals surface area contributed by atoms with Gasteiger partial charge in [-0.3, -0.25) is 14.3 Å². The first-order valence-corrected chi connectivity index (χ1v) is 7.89. The number of hydrogen-bond donors (Lipinski definition) is 3. The highest BCUT2D eigenvalue weighted by molar-refractivity contribution is 5.60. The van der Waals surface area contributed by atoms with Gasteiger partial charge in [-0.25, -0.2) is 4.79 Å². The van der Waals surface area contributed by atoms with E-state index in [1.807, 2.05) is 6.92 Å². The summed E-state index contributed by atoms with van der Waals surface area (Å²) in [5, 5.41) is 3.18. The van der Waals surface area contributed by atoms with Crippen molar-refractivity contribution in [2.24, 2.45) is 5.41 Å². The summed E-state index contributed by atoms with van der Waals surface area (Å²) in [6, 6.07) is 0. The quantitative estimate of drug-likeness (QED) is 0.683. The smallest absolute Gasteiger partial charge is 0.330 e. The second-order valence-electron chi connectivity index (χ2n) is 6.13. The van der Waals surface area contributed by atoms with Gasteiger partial charge in [0.05, 0.1) is 0 Å². The normalized spacial score (nSPS) is 15.9. The Labute approximate surface area is 124 Å². The van der Waals surface area contributed by atoms with Crippen LogP contribution in [0.4, 0.5) is 11.5 Å². The van der Waals surface area contributed by atoms with Gasteiger partial charge >= 0.3 is 5.69 Å². The van der Waals surface area contributed by atoms with Crippen LogP contribution in [0, 0.1) is 5.41 Å². The second-order valence-corrected chi connectivity index (χ2v) is 6.13. The molecule has 21 heavy (non-hydrogen) atoms. The summed E-state index contributed by atoms with van der Waals surface area (Å²) in [6.45, 7) is 5.51. The molecule has 0 saturated heterocycles. The topological polar surface area (TPSA) is 92.9 Å². The van der Waals surface area contributed by atoms with Gasteiger partial charge in [0.2, 0.25) is 0 Å². The average Bonchev–Trinajstić information content (AvgIpc) is 3.18. The van der Waals surface area contributed by atoms with Crippen LogP contribution in [0.3, 0.4) is 0 Å². The van der Waals surface area contributed by atoms with Crippen molar-refractivity contribution >= 4 is 11.5 Å². The lowest BCUT2D eigenvalue weighted by atomic mass is 10.0. The first kappa shape index (κ1) is 15.7. The Bertz CT molecular complexity index is 599. The van der Waals surface area contributed by atoms with Gasteiger partial charge in [-0.15, -0.1) is 0 Å². The maximum Gasteiger partial charge on any atom is 0.330 e. The van der Waals surface area contributed by atoms with Crippen LogP contribution in [0.1, 0.15) is 52.4 Å². The van der Waals surface area contributed by atoms with Crippen LogP contribution in [-0.4, -0.2) is 16.1 Å². The molecule has 1 aliphatic rings. The molecule has 1 aromatic heterocycles. The minimum absolute atomic E-state index is 0.254. The van der Waals surface area contributed by atoms with Crippen LogP contribution in [0.15, 0.2) is 9.59 Å². The first-order valence-electron chi connectivity index (χ1n) is 7.89. The Kier molecular flexibility index (Phi) is 4.75. The third-order valence-corrected chi connectivity index (χ3v) is 4.35. The molecule has 1 heterocycles. The Morgan fingerprint density at radius 1 is 1.29 bits per heavy atom. The lowest BCUT2D eigenvalue weighted by molar-refractivity contribution is 0.485. The number of nitrogens with zero attached hydrogens (tertiary/aromatic N) is 1. The molecule has 0 radical (unpaired) electrons. The van der Waals surface area contributed by atoms with Gasteiger partial charge in [0.25, 0.3) is 5.56 Å². The number of rotatable bonds is 8. The van der Waals surface area contributed by atoms with E-state index in [2.05, 4.69) is 17.2 Å². The van der Waals surface area contributed by atoms with Crippen molar-refractivity contribution < 1.29 is 0 Å². The molecule has 0 aromatic carbocycles. The van der Waals surface area contributed by atoms with Gasteiger partial charge in [-0.05, 0) is 31.1 Å². The zero-order valence-corrected chi connectivity index (χ0v) is 13.0. The fraction of sp³-hybridized carbons (Fsp3) is 0.733. The Morgan fingerprint density at radius 3 is 2.57 bits per heavy atom. The zero-order valence-electron chi connectivity index (χ0n) is 13.0. The van der Waals surface area contributed by atoms with Crippen LogP contribution in [0.25, 0.3) is 0 Å². The molecule has 118 valence electrons. The number of unbranched alkanes of at least 4 members (excludes halogenated alkanes) is 1. The van der Waals surface area contributed by atoms with E-state index in [9.17, 15) is 9.59 Å². The van der Waals surface area contributed by atoms with E-state index in [0.717, 1.165) is 32.2 Å². The molecular formula is C15H26N4O2. The van der Waals surface area contributed by atoms with E-state index in [-0.39, 0.29) is 5.82 Å². The monoisotopic (exact) mass is 294 g/mol. The molecule has 0 unspecified atom stereocenters. The molecule has 0 bridgehead atoms. The Balaban J connectivity index is 2.19. The molecule has 1 aromatic rings. The van der Waals surface area contributed by atoms with Crippen LogP contribution in [0.5, 0.6) is 0 Å². The van der Waals surface area contributed by atoms with Gasteiger partial charge in [0.15, 0.2) is 0 Å². The maximum absolute atomic E-state index is 12.0. The van der Waals surface area contributed by atoms with Crippen molar-refractivity contribution in [3.8, 4) is 0 Å². The number of nitrogens with two attached hydrogens (primary N) is 1. The molecule has 1 aliphatic carbocycles. The highest BCUT2D eigenvalue weighted by atomic mass is 16.2. The number of nitrogens with one attached hydrogen (secondary N) is 2. The SMILES string of the molecule is CCCCn1c(N)c(NCC2(CCC)CC2)c(=O)[nH]c1=O. The third kappa shape index (κ3) is 3.49. The second kappa shape index (κ2) is 6.37. The highest BCUT2D eigenvalue weighted by Gasteiger charge is 2.41. The van der Waals surface area contributed by atoms with E-state index in [1.165, 1.54) is 17.4 Å². The number of anilines is 2. The number of nitrogen functional groups attached to an aromatic ring is 1. The molecule has 0 amide bonds. The van der Waals surface area contributed by atoms with Crippen LogP contribution in [0.2, 0.25) is 0 Å². The minimum atomic E-state index is -0.425. The molecule has 4 N–H and O–H groups in total. The molecule has 0 spiro atoms. The van der Waals surface area contributed by atoms with Crippen molar-refractivity contribution in [1.29, 1.82) is 0 Å². The van der Waals surface area contributed by atoms with Crippen molar-refractivity contribution in [1.82, 2.24) is 9.55 Å². The number of aromatic amines is 1. The third-order valence-electron chi connectivity index (χ3n) is 4.35. The maximum atomic E-state index is 12.0. The van der Waals surface area contributed by atoms with Crippen LogP contribution in [-0.2, 0) is 6.54 Å². The molecule has 1 fully saturated rings. The summed E-state index contributed by atoms with van der Waals surface area (Å²) in [6.07, 6.45) is 6.52. The lowest BCUT2D eigenvalue weighted by Gasteiger charge is -2.18. The summed E-state index contributed by atoms with van der Waals surface area (Å²) in [5.74, 6) is 0.254. The van der Waals surface area contributed by atoms with E-state index in [0.29, 0.717) is 17.6 Å². The van der Waals surface area contributed by atoms with E-state index >= 15 is 0 Å². The molecule has 1 saturated carbocycles. The van der Waals surface area contributed by atoms with Gasteiger partial charge in [-0.2, -0.15) is 0 Å². The Morgan fingerprint density at radius 2 is 2.00 bits per heavy atom. The largest absolute Gasteiger partial charge is 0.383 e.